The Morgan fingerprint density at radius 2 is 1.60 bits per heavy atom. The van der Waals surface area contributed by atoms with Crippen LogP contribution in [0.3, 0.4) is 0 Å². The van der Waals surface area contributed by atoms with Crippen LogP contribution in [0.25, 0.3) is 0 Å². The van der Waals surface area contributed by atoms with Crippen molar-refractivity contribution in [2.45, 2.75) is 19.9 Å². The minimum Gasteiger partial charge on any atom is -0.497 e. The summed E-state index contributed by atoms with van der Waals surface area (Å²) in [5.41, 5.74) is 2.02. The average Bonchev–Trinajstić information content (AvgIpc) is 2.62. The van der Waals surface area contributed by atoms with Gasteiger partial charge in [0.1, 0.15) is 17.5 Å². The monoisotopic (exact) mass is 342 g/mol. The van der Waals surface area contributed by atoms with Crippen molar-refractivity contribution in [1.29, 1.82) is 0 Å². The number of benzene rings is 2. The van der Waals surface area contributed by atoms with E-state index in [1.54, 1.807) is 25.1 Å². The Bertz CT molecular complexity index is 752. The molecule has 2 N–H and O–H groups in total. The summed E-state index contributed by atoms with van der Waals surface area (Å²) in [5, 5.41) is 5.49. The molecule has 0 heterocycles. The molecular formula is C19H22N2O4. The number of methoxy groups -OCH3 is 2. The minimum atomic E-state index is -0.704. The molecular weight excluding hydrogens is 320 g/mol. The highest BCUT2D eigenvalue weighted by Gasteiger charge is 2.18. The molecule has 0 aliphatic heterocycles. The fourth-order valence-electron chi connectivity index (χ4n) is 2.24. The molecule has 0 spiro atoms. The van der Waals surface area contributed by atoms with E-state index in [0.29, 0.717) is 17.1 Å². The molecule has 132 valence electrons. The van der Waals surface area contributed by atoms with Crippen LogP contribution in [-0.2, 0) is 4.79 Å². The van der Waals surface area contributed by atoms with Crippen molar-refractivity contribution >= 4 is 17.5 Å². The number of rotatable bonds is 6. The van der Waals surface area contributed by atoms with Crippen molar-refractivity contribution in [2.75, 3.05) is 19.5 Å². The van der Waals surface area contributed by atoms with E-state index in [9.17, 15) is 9.59 Å². The predicted octanol–water partition coefficient (Wildman–Crippen LogP) is 2.77. The van der Waals surface area contributed by atoms with Gasteiger partial charge in [-0.05, 0) is 37.6 Å². The molecule has 0 radical (unpaired) electrons. The van der Waals surface area contributed by atoms with Crippen LogP contribution >= 0.6 is 0 Å². The summed E-state index contributed by atoms with van der Waals surface area (Å²) < 4.78 is 10.3. The maximum Gasteiger partial charge on any atom is 0.252 e. The van der Waals surface area contributed by atoms with Crippen LogP contribution in [0.1, 0.15) is 22.8 Å². The predicted molar refractivity (Wildman–Crippen MR) is 96.3 cm³/mol. The summed E-state index contributed by atoms with van der Waals surface area (Å²) in [6.45, 7) is 3.53. The summed E-state index contributed by atoms with van der Waals surface area (Å²) in [6, 6.07) is 11.6. The lowest BCUT2D eigenvalue weighted by molar-refractivity contribution is -0.117. The van der Waals surface area contributed by atoms with Crippen molar-refractivity contribution in [3.63, 3.8) is 0 Å². The Hall–Kier alpha value is -3.02. The number of carbonyl (C=O) groups is 2. The number of ether oxygens (including phenoxy) is 2. The first-order chi connectivity index (χ1) is 11.9. The first-order valence-corrected chi connectivity index (χ1v) is 7.85. The summed E-state index contributed by atoms with van der Waals surface area (Å²) in [6.07, 6.45) is 0. The van der Waals surface area contributed by atoms with Gasteiger partial charge in [0.2, 0.25) is 5.91 Å². The lowest BCUT2D eigenvalue weighted by Crippen LogP contribution is -2.41. The highest BCUT2D eigenvalue weighted by molar-refractivity contribution is 6.01. The number of nitrogens with one attached hydrogen (secondary N) is 2. The SMILES string of the molecule is COc1cc(OC)cc(C(=O)NC(C)C(=O)Nc2ccccc2C)c1. The van der Waals surface area contributed by atoms with Crippen molar-refractivity contribution < 1.29 is 19.1 Å². The maximum atomic E-state index is 12.4. The van der Waals surface area contributed by atoms with E-state index in [2.05, 4.69) is 10.6 Å². The summed E-state index contributed by atoms with van der Waals surface area (Å²) in [5.74, 6) is 0.324. The van der Waals surface area contributed by atoms with Gasteiger partial charge < -0.3 is 20.1 Å². The summed E-state index contributed by atoms with van der Waals surface area (Å²) in [4.78, 5) is 24.7. The zero-order valence-corrected chi connectivity index (χ0v) is 14.8. The molecule has 6 heteroatoms. The molecule has 25 heavy (non-hydrogen) atoms. The number of para-hydroxylation sites is 1. The van der Waals surface area contributed by atoms with Crippen LogP contribution in [0.15, 0.2) is 42.5 Å². The van der Waals surface area contributed by atoms with Crippen molar-refractivity contribution in [2.24, 2.45) is 0 Å². The first-order valence-electron chi connectivity index (χ1n) is 7.85. The average molecular weight is 342 g/mol. The van der Waals surface area contributed by atoms with Crippen LogP contribution < -0.4 is 20.1 Å². The molecule has 2 amide bonds. The van der Waals surface area contributed by atoms with Gasteiger partial charge in [0.25, 0.3) is 5.91 Å². The topological polar surface area (TPSA) is 76.7 Å². The second-order valence-electron chi connectivity index (χ2n) is 5.60. The van der Waals surface area contributed by atoms with Gasteiger partial charge in [-0.25, -0.2) is 0 Å². The van der Waals surface area contributed by atoms with Crippen LogP contribution in [0.2, 0.25) is 0 Å². The Kier molecular flexibility index (Phi) is 6.00. The van der Waals surface area contributed by atoms with E-state index in [-0.39, 0.29) is 11.8 Å². The zero-order chi connectivity index (χ0) is 18.4. The third-order valence-electron chi connectivity index (χ3n) is 3.76. The second kappa shape index (κ2) is 8.19. The van der Waals surface area contributed by atoms with Gasteiger partial charge in [-0.15, -0.1) is 0 Å². The van der Waals surface area contributed by atoms with E-state index in [1.165, 1.54) is 14.2 Å². The highest BCUT2D eigenvalue weighted by Crippen LogP contribution is 2.22. The largest absolute Gasteiger partial charge is 0.497 e. The highest BCUT2D eigenvalue weighted by atomic mass is 16.5. The van der Waals surface area contributed by atoms with Crippen molar-refractivity contribution in [3.05, 3.63) is 53.6 Å². The number of carbonyl (C=O) groups excluding carboxylic acids is 2. The molecule has 0 aromatic heterocycles. The van der Waals surface area contributed by atoms with Crippen LogP contribution in [0, 0.1) is 6.92 Å². The smallest absolute Gasteiger partial charge is 0.252 e. The van der Waals surface area contributed by atoms with Gasteiger partial charge in [0, 0.05) is 17.3 Å². The van der Waals surface area contributed by atoms with Crippen LogP contribution in [0.4, 0.5) is 5.69 Å². The van der Waals surface area contributed by atoms with Crippen LogP contribution in [-0.4, -0.2) is 32.1 Å². The number of anilines is 1. The molecule has 1 unspecified atom stereocenters. The number of aryl methyl sites for hydroxylation is 1. The summed E-state index contributed by atoms with van der Waals surface area (Å²) in [7, 11) is 3.02. The molecule has 6 nitrogen and oxygen atoms in total. The molecule has 0 saturated carbocycles. The van der Waals surface area contributed by atoms with Gasteiger partial charge >= 0.3 is 0 Å². The minimum absolute atomic E-state index is 0.294. The van der Waals surface area contributed by atoms with E-state index in [1.807, 2.05) is 31.2 Å². The fraction of sp³-hybridized carbons (Fsp3) is 0.263. The lowest BCUT2D eigenvalue weighted by atomic mass is 10.1. The van der Waals surface area contributed by atoms with Crippen LogP contribution in [0.5, 0.6) is 11.5 Å². The Morgan fingerprint density at radius 3 is 2.16 bits per heavy atom. The summed E-state index contributed by atoms with van der Waals surface area (Å²) >= 11 is 0. The second-order valence-corrected chi connectivity index (χ2v) is 5.60. The molecule has 0 aliphatic rings. The van der Waals surface area contributed by atoms with Gasteiger partial charge in [-0.2, -0.15) is 0 Å². The van der Waals surface area contributed by atoms with E-state index in [0.717, 1.165) is 11.3 Å². The van der Waals surface area contributed by atoms with E-state index < -0.39 is 6.04 Å². The lowest BCUT2D eigenvalue weighted by Gasteiger charge is -2.16. The quantitative estimate of drug-likeness (QED) is 0.846. The Morgan fingerprint density at radius 1 is 1.00 bits per heavy atom. The van der Waals surface area contributed by atoms with Gasteiger partial charge in [0.05, 0.1) is 14.2 Å². The fourth-order valence-corrected chi connectivity index (χ4v) is 2.24. The van der Waals surface area contributed by atoms with E-state index in [4.69, 9.17) is 9.47 Å². The zero-order valence-electron chi connectivity index (χ0n) is 14.8. The standard InChI is InChI=1S/C19H22N2O4/c1-12-7-5-6-8-17(12)21-18(22)13(2)20-19(23)14-9-15(24-3)11-16(10-14)25-4/h5-11,13H,1-4H3,(H,20,23)(H,21,22). The molecule has 0 aliphatic carbocycles. The molecule has 0 bridgehead atoms. The Labute approximate surface area is 147 Å². The molecule has 2 rings (SSSR count). The van der Waals surface area contributed by atoms with Gasteiger partial charge in [-0.3, -0.25) is 9.59 Å². The maximum absolute atomic E-state index is 12.4. The number of hydrogen-bond acceptors (Lipinski definition) is 4. The first kappa shape index (κ1) is 18.3. The van der Waals surface area contributed by atoms with Crippen molar-refractivity contribution in [1.82, 2.24) is 5.32 Å². The molecule has 0 saturated heterocycles. The van der Waals surface area contributed by atoms with Gasteiger partial charge in [-0.1, -0.05) is 18.2 Å². The molecule has 2 aromatic rings. The molecule has 0 fully saturated rings. The van der Waals surface area contributed by atoms with E-state index >= 15 is 0 Å². The molecule has 2 aromatic carbocycles. The molecule has 1 atom stereocenters. The third-order valence-corrected chi connectivity index (χ3v) is 3.76. The number of hydrogen-bond donors (Lipinski definition) is 2. The number of amides is 2. The normalized spacial score (nSPS) is 11.4. The Balaban J connectivity index is 2.07. The van der Waals surface area contributed by atoms with Crippen molar-refractivity contribution in [3.8, 4) is 11.5 Å². The van der Waals surface area contributed by atoms with Gasteiger partial charge in [0.15, 0.2) is 0 Å². The third kappa shape index (κ3) is 4.73.